The van der Waals surface area contributed by atoms with Gasteiger partial charge in [-0.1, -0.05) is 4.85 Å². The standard InChI is InChI=1S/C11H11N2O3S/c1-8-4-9(6-12-2)11(17(3,15)16)10(5-8)7-13-14/h4-5H,1-3H3/q+1/p+1. The Morgan fingerprint density at radius 2 is 1.76 bits per heavy atom. The molecular formula is C11H12N2O3S+2. The van der Waals surface area contributed by atoms with Gasteiger partial charge >= 0.3 is 12.1 Å². The number of sulfone groups is 1. The Bertz CT molecular complexity index is 629. The molecule has 0 radical (unpaired) electrons. The summed E-state index contributed by atoms with van der Waals surface area (Å²) in [5.74, 6) is 0. The molecule has 0 fully saturated rings. The third-order valence-corrected chi connectivity index (χ3v) is 3.19. The highest BCUT2D eigenvalue weighted by Crippen LogP contribution is 2.22. The van der Waals surface area contributed by atoms with Crippen molar-refractivity contribution in [1.82, 2.24) is 0 Å². The first-order valence-corrected chi connectivity index (χ1v) is 6.59. The third-order valence-electron chi connectivity index (χ3n) is 2.01. The lowest BCUT2D eigenvalue weighted by Gasteiger charge is -2.02. The summed E-state index contributed by atoms with van der Waals surface area (Å²) in [6.45, 7) is 1.79. The molecule has 17 heavy (non-hydrogen) atoms. The zero-order valence-corrected chi connectivity index (χ0v) is 10.5. The molecule has 0 spiro atoms. The molecule has 0 unspecified atom stereocenters. The van der Waals surface area contributed by atoms with Crippen molar-refractivity contribution in [3.63, 3.8) is 0 Å². The number of aryl methyl sites for hydroxylation is 1. The summed E-state index contributed by atoms with van der Waals surface area (Å²) in [4.78, 5) is 3.69. The molecule has 0 amide bonds. The van der Waals surface area contributed by atoms with Gasteiger partial charge in [-0.05, 0) is 24.6 Å². The molecule has 88 valence electrons. The molecule has 0 saturated carbocycles. The van der Waals surface area contributed by atoms with Crippen molar-refractivity contribution in [3.05, 3.63) is 38.7 Å². The maximum Gasteiger partial charge on any atom is 0.389 e. The number of nitrogens with zero attached hydrogens (tertiary/aromatic N) is 2. The minimum Gasteiger partial charge on any atom is -0.224 e. The summed E-state index contributed by atoms with van der Waals surface area (Å²) in [5.41, 5.74) is 1.33. The monoisotopic (exact) mass is 252 g/mol. The van der Waals surface area contributed by atoms with E-state index < -0.39 is 9.84 Å². The van der Waals surface area contributed by atoms with E-state index in [-0.39, 0.29) is 10.5 Å². The van der Waals surface area contributed by atoms with Crippen molar-refractivity contribution in [2.75, 3.05) is 13.3 Å². The Kier molecular flexibility index (Phi) is 3.72. The largest absolute Gasteiger partial charge is 0.389 e. The van der Waals surface area contributed by atoms with Gasteiger partial charge in [0.15, 0.2) is 9.84 Å². The van der Waals surface area contributed by atoms with Crippen LogP contribution in [0.4, 0.5) is 0 Å². The smallest absolute Gasteiger partial charge is 0.224 e. The van der Waals surface area contributed by atoms with E-state index in [0.717, 1.165) is 11.8 Å². The second kappa shape index (κ2) is 4.86. The first-order chi connectivity index (χ1) is 7.90. The van der Waals surface area contributed by atoms with Crippen LogP contribution >= 0.6 is 0 Å². The van der Waals surface area contributed by atoms with Gasteiger partial charge in [0, 0.05) is 6.26 Å². The summed E-state index contributed by atoms with van der Waals surface area (Å²) in [6.07, 6.45) is 1.07. The molecule has 6 heteroatoms. The number of rotatable bonds is 1. The van der Waals surface area contributed by atoms with Gasteiger partial charge in [-0.3, -0.25) is 0 Å². The van der Waals surface area contributed by atoms with E-state index >= 15 is 0 Å². The van der Waals surface area contributed by atoms with Crippen LogP contribution in [0, 0.1) is 19.1 Å². The molecule has 1 aromatic carbocycles. The normalized spacial score (nSPS) is 9.82. The molecule has 0 atom stereocenters. The molecule has 1 rings (SSSR count). The Morgan fingerprint density at radius 1 is 1.24 bits per heavy atom. The van der Waals surface area contributed by atoms with E-state index in [1.165, 1.54) is 7.05 Å². The van der Waals surface area contributed by atoms with Gasteiger partial charge in [0.25, 0.3) is 7.05 Å². The van der Waals surface area contributed by atoms with Crippen molar-refractivity contribution >= 4 is 9.84 Å². The van der Waals surface area contributed by atoms with E-state index in [9.17, 15) is 8.42 Å². The van der Waals surface area contributed by atoms with Gasteiger partial charge < -0.3 is 0 Å². The second-order valence-corrected chi connectivity index (χ2v) is 5.46. The maximum atomic E-state index is 11.7. The lowest BCUT2D eigenvalue weighted by atomic mass is 10.1. The van der Waals surface area contributed by atoms with Gasteiger partial charge in [0.2, 0.25) is 5.01 Å². The van der Waals surface area contributed by atoms with Gasteiger partial charge in [-0.15, -0.1) is 0 Å². The van der Waals surface area contributed by atoms with Crippen molar-refractivity contribution in [2.24, 2.45) is 0 Å². The van der Waals surface area contributed by atoms with Crippen LogP contribution in [0.2, 0.25) is 0 Å². The van der Waals surface area contributed by atoms with E-state index in [4.69, 9.17) is 5.21 Å². The lowest BCUT2D eigenvalue weighted by molar-refractivity contribution is 0.465. The molecule has 0 aliphatic heterocycles. The first kappa shape index (κ1) is 13.0. The van der Waals surface area contributed by atoms with Crippen molar-refractivity contribution < 1.29 is 13.6 Å². The van der Waals surface area contributed by atoms with Gasteiger partial charge in [-0.25, -0.2) is 8.42 Å². The quantitative estimate of drug-likeness (QED) is 0.775. The van der Waals surface area contributed by atoms with Crippen LogP contribution in [0.5, 0.6) is 0 Å². The average molecular weight is 252 g/mol. The van der Waals surface area contributed by atoms with Crippen LogP contribution in [0.3, 0.4) is 0 Å². The second-order valence-electron chi connectivity index (χ2n) is 3.51. The van der Waals surface area contributed by atoms with Crippen molar-refractivity contribution in [2.45, 2.75) is 11.8 Å². The van der Waals surface area contributed by atoms with Crippen molar-refractivity contribution in [1.29, 1.82) is 0 Å². The van der Waals surface area contributed by atoms with Crippen molar-refractivity contribution in [3.8, 4) is 12.1 Å². The Hall–Kier alpha value is -2.05. The minimum absolute atomic E-state index is 0.00602. The van der Waals surface area contributed by atoms with E-state index in [0.29, 0.717) is 5.56 Å². The molecule has 0 bridgehead atoms. The van der Waals surface area contributed by atoms with E-state index in [1.54, 1.807) is 19.1 Å². The highest BCUT2D eigenvalue weighted by molar-refractivity contribution is 7.90. The van der Waals surface area contributed by atoms with Gasteiger partial charge in [0.05, 0.1) is 0 Å². The zero-order valence-electron chi connectivity index (χ0n) is 9.72. The van der Waals surface area contributed by atoms with Crippen LogP contribution in [-0.4, -0.2) is 26.9 Å². The predicted molar refractivity (Wildman–Crippen MR) is 64.7 cm³/mol. The molecular weight excluding hydrogens is 240 g/mol. The maximum absolute atomic E-state index is 11.7. The average Bonchev–Trinajstić information content (AvgIpc) is 2.15. The first-order valence-electron chi connectivity index (χ1n) is 4.69. The summed E-state index contributed by atoms with van der Waals surface area (Å²) >= 11 is 0. The SMILES string of the molecule is C[N+]#Cc1cc(C)cc(C#[N+]O)c1S(C)(=O)=O. The van der Waals surface area contributed by atoms with Crippen LogP contribution in [0.1, 0.15) is 16.7 Å². The van der Waals surface area contributed by atoms with Crippen LogP contribution in [0.15, 0.2) is 17.0 Å². The highest BCUT2D eigenvalue weighted by atomic mass is 32.2. The minimum atomic E-state index is -3.48. The fourth-order valence-corrected chi connectivity index (χ4v) is 2.52. The Labute approximate surface area is 99.8 Å². The molecule has 5 nitrogen and oxygen atoms in total. The fraction of sp³-hybridized carbons (Fsp3) is 0.273. The molecule has 0 aromatic heterocycles. The zero-order chi connectivity index (χ0) is 13.1. The summed E-state index contributed by atoms with van der Waals surface area (Å²) < 4.78 is 23.4. The highest BCUT2D eigenvalue weighted by Gasteiger charge is 2.23. The summed E-state index contributed by atoms with van der Waals surface area (Å²) in [6, 6.07) is 8.06. The number of hydrogen-bond donors (Lipinski definition) is 1. The lowest BCUT2D eigenvalue weighted by Crippen LogP contribution is -2.04. The molecule has 0 saturated heterocycles. The molecule has 1 N–H and O–H groups in total. The number of hydrogen-bond acceptors (Lipinski definition) is 3. The topological polar surface area (TPSA) is 63.1 Å². The molecule has 1 aromatic rings. The van der Waals surface area contributed by atoms with E-state index in [2.05, 4.69) is 22.0 Å². The Balaban J connectivity index is 3.80. The Morgan fingerprint density at radius 3 is 2.18 bits per heavy atom. The fourth-order valence-electron chi connectivity index (χ4n) is 1.51. The van der Waals surface area contributed by atoms with Crippen LogP contribution in [0.25, 0.3) is 9.85 Å². The summed E-state index contributed by atoms with van der Waals surface area (Å²) in [5, 5.41) is 11.2. The molecule has 0 aliphatic carbocycles. The molecule has 0 heterocycles. The molecule has 0 aliphatic rings. The van der Waals surface area contributed by atoms with E-state index in [1.807, 2.05) is 0 Å². The van der Waals surface area contributed by atoms with Gasteiger partial charge in [-0.2, -0.15) is 5.21 Å². The van der Waals surface area contributed by atoms with Crippen LogP contribution in [-0.2, 0) is 9.84 Å². The number of benzene rings is 1. The third kappa shape index (κ3) is 2.96. The summed E-state index contributed by atoms with van der Waals surface area (Å²) in [7, 11) is -1.98. The van der Waals surface area contributed by atoms with Gasteiger partial charge in [0.1, 0.15) is 16.0 Å². The predicted octanol–water partition coefficient (Wildman–Crippen LogP) is 1.78. The van der Waals surface area contributed by atoms with Crippen LogP contribution < -0.4 is 0 Å².